The van der Waals surface area contributed by atoms with Crippen molar-refractivity contribution in [2.45, 2.75) is 25.4 Å². The van der Waals surface area contributed by atoms with Crippen LogP contribution in [0.2, 0.25) is 0 Å². The first-order chi connectivity index (χ1) is 8.38. The van der Waals surface area contributed by atoms with Gasteiger partial charge in [-0.25, -0.2) is 0 Å². The van der Waals surface area contributed by atoms with Gasteiger partial charge >= 0.3 is 0 Å². The van der Waals surface area contributed by atoms with E-state index in [1.165, 1.54) is 5.56 Å². The Balaban J connectivity index is 2.08. The molecule has 100 valence electrons. The van der Waals surface area contributed by atoms with Gasteiger partial charge in [-0.05, 0) is 28.7 Å². The van der Waals surface area contributed by atoms with Crippen LogP contribution in [0.1, 0.15) is 30.9 Å². The van der Waals surface area contributed by atoms with Gasteiger partial charge in [-0.3, -0.25) is 0 Å². The molecule has 0 aromatic heterocycles. The SMILES string of the molecule is CC(C)(C)C1CSC(c2ccc(Br)cc2)[S+]([O-])C1. The van der Waals surface area contributed by atoms with E-state index in [0.717, 1.165) is 16.0 Å². The molecule has 1 aliphatic heterocycles. The van der Waals surface area contributed by atoms with Crippen LogP contribution < -0.4 is 0 Å². The molecule has 0 amide bonds. The van der Waals surface area contributed by atoms with Crippen LogP contribution in [0.5, 0.6) is 0 Å². The van der Waals surface area contributed by atoms with E-state index in [-0.39, 0.29) is 10.00 Å². The summed E-state index contributed by atoms with van der Waals surface area (Å²) in [4.78, 5) is 0. The Kier molecular flexibility index (Phi) is 4.74. The number of hydrogen-bond donors (Lipinski definition) is 0. The van der Waals surface area contributed by atoms with Crippen molar-refractivity contribution in [2.24, 2.45) is 11.3 Å². The normalized spacial score (nSPS) is 29.3. The zero-order chi connectivity index (χ0) is 13.3. The molecule has 0 saturated carbocycles. The van der Waals surface area contributed by atoms with Crippen molar-refractivity contribution in [3.05, 3.63) is 34.3 Å². The minimum absolute atomic E-state index is 0.150. The number of rotatable bonds is 1. The van der Waals surface area contributed by atoms with Crippen molar-refractivity contribution >= 4 is 38.9 Å². The zero-order valence-corrected chi connectivity index (χ0v) is 14.2. The van der Waals surface area contributed by atoms with Gasteiger partial charge in [-0.1, -0.05) is 48.8 Å². The third-order valence-electron chi connectivity index (χ3n) is 3.42. The molecule has 0 aliphatic carbocycles. The lowest BCUT2D eigenvalue weighted by Gasteiger charge is -2.37. The van der Waals surface area contributed by atoms with E-state index in [2.05, 4.69) is 48.8 Å². The Hall–Kier alpha value is 0.360. The van der Waals surface area contributed by atoms with Crippen molar-refractivity contribution < 1.29 is 4.55 Å². The van der Waals surface area contributed by atoms with Crippen LogP contribution in [0.3, 0.4) is 0 Å². The summed E-state index contributed by atoms with van der Waals surface area (Å²) in [6, 6.07) is 8.22. The van der Waals surface area contributed by atoms with Crippen LogP contribution >= 0.6 is 27.7 Å². The van der Waals surface area contributed by atoms with Crippen molar-refractivity contribution in [1.29, 1.82) is 0 Å². The Labute approximate surface area is 125 Å². The van der Waals surface area contributed by atoms with Crippen LogP contribution in [0.15, 0.2) is 28.7 Å². The molecule has 1 saturated heterocycles. The van der Waals surface area contributed by atoms with Gasteiger partial charge in [0.25, 0.3) is 0 Å². The lowest BCUT2D eigenvalue weighted by atomic mass is 9.83. The van der Waals surface area contributed by atoms with E-state index < -0.39 is 11.2 Å². The summed E-state index contributed by atoms with van der Waals surface area (Å²) in [5.41, 5.74) is 1.45. The zero-order valence-electron chi connectivity index (χ0n) is 11.0. The molecule has 18 heavy (non-hydrogen) atoms. The van der Waals surface area contributed by atoms with Crippen LogP contribution in [0.25, 0.3) is 0 Å². The minimum Gasteiger partial charge on any atom is -0.615 e. The summed E-state index contributed by atoms with van der Waals surface area (Å²) >= 11 is 4.52. The maximum Gasteiger partial charge on any atom is 0.186 e. The van der Waals surface area contributed by atoms with Crippen LogP contribution in [0, 0.1) is 11.3 Å². The Morgan fingerprint density at radius 2 is 1.89 bits per heavy atom. The van der Waals surface area contributed by atoms with Crippen LogP contribution in [-0.4, -0.2) is 16.1 Å². The molecule has 0 bridgehead atoms. The van der Waals surface area contributed by atoms with Crippen LogP contribution in [-0.2, 0) is 11.2 Å². The van der Waals surface area contributed by atoms with Gasteiger partial charge in [-0.2, -0.15) is 0 Å². The lowest BCUT2D eigenvalue weighted by molar-refractivity contribution is 0.288. The fraction of sp³-hybridized carbons (Fsp3) is 0.571. The first-order valence-electron chi connectivity index (χ1n) is 6.12. The molecule has 3 unspecified atom stereocenters. The van der Waals surface area contributed by atoms with Gasteiger partial charge in [0, 0.05) is 21.7 Å². The summed E-state index contributed by atoms with van der Waals surface area (Å²) < 4.78 is 13.6. The van der Waals surface area contributed by atoms with E-state index in [9.17, 15) is 4.55 Å². The summed E-state index contributed by atoms with van der Waals surface area (Å²) in [5.74, 6) is 2.49. The standard InChI is InChI=1S/C14H19BrOS2/c1-14(2,3)11-8-17-13(18(16)9-11)10-4-6-12(15)7-5-10/h4-7,11,13H,8-9H2,1-3H3. The molecular weight excluding hydrogens is 328 g/mol. The summed E-state index contributed by atoms with van der Waals surface area (Å²) in [5, 5.41) is 0. The smallest absolute Gasteiger partial charge is 0.186 e. The number of benzene rings is 1. The largest absolute Gasteiger partial charge is 0.615 e. The lowest BCUT2D eigenvalue weighted by Crippen LogP contribution is -2.35. The van der Waals surface area contributed by atoms with E-state index in [1.54, 1.807) is 0 Å². The number of thioether (sulfide) groups is 1. The molecule has 1 aromatic carbocycles. The number of hydrogen-bond acceptors (Lipinski definition) is 2. The molecule has 1 aliphatic rings. The number of halogens is 1. The molecule has 1 aromatic rings. The first-order valence-corrected chi connectivity index (χ1v) is 9.34. The van der Waals surface area contributed by atoms with Gasteiger partial charge in [-0.15, -0.1) is 11.8 Å². The quantitative estimate of drug-likeness (QED) is 0.693. The third kappa shape index (κ3) is 3.47. The highest BCUT2D eigenvalue weighted by molar-refractivity contribution is 9.10. The molecule has 0 N–H and O–H groups in total. The van der Waals surface area contributed by atoms with Crippen LogP contribution in [0.4, 0.5) is 0 Å². The molecule has 1 nitrogen and oxygen atoms in total. The maximum atomic E-state index is 12.4. The second-order valence-electron chi connectivity index (χ2n) is 5.83. The monoisotopic (exact) mass is 346 g/mol. The third-order valence-corrected chi connectivity index (χ3v) is 7.65. The fourth-order valence-corrected chi connectivity index (χ4v) is 6.50. The molecular formula is C14H19BrOS2. The predicted octanol–water partition coefficient (Wildman–Crippen LogP) is 4.61. The van der Waals surface area contributed by atoms with Gasteiger partial charge < -0.3 is 4.55 Å². The topological polar surface area (TPSA) is 23.1 Å². The van der Waals surface area contributed by atoms with Gasteiger partial charge in [0.05, 0.1) is 0 Å². The Morgan fingerprint density at radius 3 is 2.39 bits per heavy atom. The summed E-state index contributed by atoms with van der Waals surface area (Å²) in [7, 11) is 0. The average Bonchev–Trinajstić information content (AvgIpc) is 2.29. The molecule has 0 radical (unpaired) electrons. The summed E-state index contributed by atoms with van der Waals surface area (Å²) in [6.45, 7) is 6.74. The second kappa shape index (κ2) is 5.78. The molecule has 3 atom stereocenters. The summed E-state index contributed by atoms with van der Waals surface area (Å²) in [6.07, 6.45) is 0. The van der Waals surface area contributed by atoms with Crippen molar-refractivity contribution in [3.8, 4) is 0 Å². The van der Waals surface area contributed by atoms with Gasteiger partial charge in [0.15, 0.2) is 4.58 Å². The van der Waals surface area contributed by atoms with E-state index in [1.807, 2.05) is 23.9 Å². The molecule has 0 spiro atoms. The van der Waals surface area contributed by atoms with Crippen molar-refractivity contribution in [2.75, 3.05) is 11.5 Å². The van der Waals surface area contributed by atoms with Crippen molar-refractivity contribution in [3.63, 3.8) is 0 Å². The van der Waals surface area contributed by atoms with Crippen molar-refractivity contribution in [1.82, 2.24) is 0 Å². The molecule has 2 rings (SSSR count). The average molecular weight is 347 g/mol. The van der Waals surface area contributed by atoms with E-state index in [4.69, 9.17) is 0 Å². The van der Waals surface area contributed by atoms with Gasteiger partial charge in [0.2, 0.25) is 0 Å². The van der Waals surface area contributed by atoms with E-state index >= 15 is 0 Å². The highest BCUT2D eigenvalue weighted by Crippen LogP contribution is 2.45. The maximum absolute atomic E-state index is 12.4. The highest BCUT2D eigenvalue weighted by Gasteiger charge is 2.39. The van der Waals surface area contributed by atoms with Gasteiger partial charge in [0.1, 0.15) is 5.75 Å². The molecule has 1 fully saturated rings. The second-order valence-corrected chi connectivity index (χ2v) is 9.75. The molecule has 4 heteroatoms. The minimum atomic E-state index is -0.764. The Bertz CT molecular complexity index is 399. The predicted molar refractivity (Wildman–Crippen MR) is 85.3 cm³/mol. The van der Waals surface area contributed by atoms with E-state index in [0.29, 0.717) is 5.92 Å². The fourth-order valence-electron chi connectivity index (χ4n) is 1.98. The Morgan fingerprint density at radius 1 is 1.28 bits per heavy atom. The molecule has 1 heterocycles. The first kappa shape index (κ1) is 14.8. The highest BCUT2D eigenvalue weighted by atomic mass is 79.9.